The summed E-state index contributed by atoms with van der Waals surface area (Å²) in [6.45, 7) is 5.18. The van der Waals surface area contributed by atoms with E-state index < -0.39 is 0 Å². The first-order valence-corrected chi connectivity index (χ1v) is 12.7. The van der Waals surface area contributed by atoms with Gasteiger partial charge in [-0.05, 0) is 38.4 Å². The molecule has 0 radical (unpaired) electrons. The minimum atomic E-state index is -0.307. The van der Waals surface area contributed by atoms with Crippen LogP contribution in [-0.2, 0) is 11.8 Å². The molecule has 11 nitrogen and oxygen atoms in total. The molecule has 4 rings (SSSR count). The van der Waals surface area contributed by atoms with Crippen LogP contribution in [0.1, 0.15) is 0 Å². The highest BCUT2D eigenvalue weighted by Gasteiger charge is 2.17. The number of benzene rings is 2. The standard InChI is InChI=1S/C29H35N9O2/c1-7-29(39)34-23-16-24(26(40-6)17-25(23)37(4)15-14-36(2)3)33-28-18-27(30-19-31-28)32-21-11-9-8-10-20(21)22-12-13-38(5)35-22/h7-13,16-19H,1,14-15H2,2-6H3,(H,34,39)(H2,30,31,32,33). The smallest absolute Gasteiger partial charge is 0.247 e. The van der Waals surface area contributed by atoms with Crippen LogP contribution >= 0.6 is 0 Å². The average Bonchev–Trinajstić information content (AvgIpc) is 3.38. The molecule has 11 heteroatoms. The molecule has 0 aliphatic heterocycles. The maximum Gasteiger partial charge on any atom is 0.247 e. The average molecular weight is 542 g/mol. The SMILES string of the molecule is C=CC(=O)Nc1cc(Nc2cc(Nc3ccccc3-c3ccn(C)n3)ncn2)c(OC)cc1N(C)CCN(C)C. The van der Waals surface area contributed by atoms with Gasteiger partial charge in [0.05, 0.1) is 29.9 Å². The van der Waals surface area contributed by atoms with Crippen LogP contribution < -0.4 is 25.6 Å². The molecule has 4 aromatic rings. The number of carbonyl (C=O) groups excluding carboxylic acids is 1. The predicted molar refractivity (Wildman–Crippen MR) is 161 cm³/mol. The van der Waals surface area contributed by atoms with Crippen molar-refractivity contribution in [3.8, 4) is 17.0 Å². The van der Waals surface area contributed by atoms with E-state index in [-0.39, 0.29) is 5.91 Å². The van der Waals surface area contributed by atoms with E-state index in [2.05, 4.69) is 47.4 Å². The summed E-state index contributed by atoms with van der Waals surface area (Å²) in [5, 5.41) is 14.1. The highest BCUT2D eigenvalue weighted by Crippen LogP contribution is 2.38. The highest BCUT2D eigenvalue weighted by molar-refractivity contribution is 6.02. The molecule has 0 unspecified atom stereocenters. The molecule has 208 valence electrons. The van der Waals surface area contributed by atoms with E-state index >= 15 is 0 Å². The Hall–Kier alpha value is -4.90. The molecule has 0 atom stereocenters. The third-order valence-corrected chi connectivity index (χ3v) is 6.16. The fourth-order valence-corrected chi connectivity index (χ4v) is 4.05. The Kier molecular flexibility index (Phi) is 8.97. The fourth-order valence-electron chi connectivity index (χ4n) is 4.05. The summed E-state index contributed by atoms with van der Waals surface area (Å²) < 4.78 is 7.48. The van der Waals surface area contributed by atoms with Crippen molar-refractivity contribution in [1.82, 2.24) is 24.6 Å². The molecule has 0 saturated carbocycles. The third-order valence-electron chi connectivity index (χ3n) is 6.16. The first-order chi connectivity index (χ1) is 19.3. The lowest BCUT2D eigenvalue weighted by Gasteiger charge is -2.26. The van der Waals surface area contributed by atoms with Crippen LogP contribution in [0.25, 0.3) is 11.3 Å². The minimum Gasteiger partial charge on any atom is -0.494 e. The summed E-state index contributed by atoms with van der Waals surface area (Å²) in [6.07, 6.45) is 4.62. The quantitative estimate of drug-likeness (QED) is 0.223. The summed E-state index contributed by atoms with van der Waals surface area (Å²) in [5.41, 5.74) is 4.73. The summed E-state index contributed by atoms with van der Waals surface area (Å²) in [4.78, 5) is 25.2. The summed E-state index contributed by atoms with van der Waals surface area (Å²) in [5.74, 6) is 1.43. The molecule has 3 N–H and O–H groups in total. The minimum absolute atomic E-state index is 0.307. The number of carbonyl (C=O) groups is 1. The number of methoxy groups -OCH3 is 1. The lowest BCUT2D eigenvalue weighted by atomic mass is 10.1. The Morgan fingerprint density at radius 3 is 2.38 bits per heavy atom. The lowest BCUT2D eigenvalue weighted by molar-refractivity contribution is -0.111. The molecule has 0 bridgehead atoms. The Morgan fingerprint density at radius 2 is 1.73 bits per heavy atom. The number of rotatable bonds is 12. The van der Waals surface area contributed by atoms with E-state index in [4.69, 9.17) is 4.74 Å². The van der Waals surface area contributed by atoms with E-state index in [0.29, 0.717) is 28.8 Å². The fraction of sp³-hybridized carbons (Fsp3) is 0.241. The number of hydrogen-bond acceptors (Lipinski definition) is 9. The molecule has 0 saturated heterocycles. The van der Waals surface area contributed by atoms with Crippen molar-refractivity contribution in [2.45, 2.75) is 0 Å². The second-order valence-corrected chi connectivity index (χ2v) is 9.45. The molecule has 2 aromatic heterocycles. The van der Waals surface area contributed by atoms with Crippen LogP contribution in [0.5, 0.6) is 5.75 Å². The largest absolute Gasteiger partial charge is 0.494 e. The molecule has 40 heavy (non-hydrogen) atoms. The van der Waals surface area contributed by atoms with Crippen LogP contribution in [0, 0.1) is 0 Å². The molecule has 0 fully saturated rings. The van der Waals surface area contributed by atoms with E-state index in [1.54, 1.807) is 17.9 Å². The summed E-state index contributed by atoms with van der Waals surface area (Å²) in [7, 11) is 9.50. The zero-order valence-corrected chi connectivity index (χ0v) is 23.5. The van der Waals surface area contributed by atoms with Gasteiger partial charge in [0.1, 0.15) is 23.7 Å². The van der Waals surface area contributed by atoms with Crippen molar-refractivity contribution in [1.29, 1.82) is 0 Å². The number of para-hydroxylation sites is 1. The van der Waals surface area contributed by atoms with Crippen LogP contribution in [0.4, 0.5) is 34.4 Å². The molecular weight excluding hydrogens is 506 g/mol. The van der Waals surface area contributed by atoms with Crippen molar-refractivity contribution in [2.75, 3.05) is 62.2 Å². The van der Waals surface area contributed by atoms with Crippen LogP contribution in [0.3, 0.4) is 0 Å². The van der Waals surface area contributed by atoms with Gasteiger partial charge in [-0.25, -0.2) is 9.97 Å². The molecule has 2 aromatic carbocycles. The molecule has 0 spiro atoms. The maximum atomic E-state index is 12.3. The number of likely N-dealkylation sites (N-methyl/N-ethyl adjacent to an activating group) is 2. The van der Waals surface area contributed by atoms with Crippen molar-refractivity contribution in [2.24, 2.45) is 7.05 Å². The predicted octanol–water partition coefficient (Wildman–Crippen LogP) is 4.50. The number of aryl methyl sites for hydroxylation is 1. The van der Waals surface area contributed by atoms with Crippen molar-refractivity contribution in [3.05, 3.63) is 73.7 Å². The van der Waals surface area contributed by atoms with E-state index in [1.165, 1.54) is 12.4 Å². The Labute approximate surface area is 234 Å². The maximum absolute atomic E-state index is 12.3. The number of ether oxygens (including phenoxy) is 1. The van der Waals surface area contributed by atoms with E-state index in [9.17, 15) is 4.79 Å². The number of anilines is 6. The summed E-state index contributed by atoms with van der Waals surface area (Å²) in [6, 6.07) is 15.4. The zero-order chi connectivity index (χ0) is 28.6. The van der Waals surface area contributed by atoms with Gasteiger partial charge in [-0.3, -0.25) is 9.48 Å². The van der Waals surface area contributed by atoms with Crippen molar-refractivity contribution in [3.63, 3.8) is 0 Å². The number of hydrogen-bond donors (Lipinski definition) is 3. The number of nitrogens with one attached hydrogen (secondary N) is 3. The lowest BCUT2D eigenvalue weighted by Crippen LogP contribution is -2.29. The van der Waals surface area contributed by atoms with Crippen LogP contribution in [0.15, 0.2) is 73.7 Å². The first kappa shape index (κ1) is 28.1. The second-order valence-electron chi connectivity index (χ2n) is 9.45. The zero-order valence-electron chi connectivity index (χ0n) is 23.5. The van der Waals surface area contributed by atoms with Gasteiger partial charge in [0.15, 0.2) is 0 Å². The highest BCUT2D eigenvalue weighted by atomic mass is 16.5. The molecule has 0 aliphatic rings. The van der Waals surface area contributed by atoms with Crippen molar-refractivity contribution < 1.29 is 9.53 Å². The number of amides is 1. The molecule has 2 heterocycles. The number of nitrogens with zero attached hydrogens (tertiary/aromatic N) is 6. The van der Waals surface area contributed by atoms with Crippen LogP contribution in [-0.4, -0.2) is 71.9 Å². The number of aromatic nitrogens is 4. The van der Waals surface area contributed by atoms with Gasteiger partial charge >= 0.3 is 0 Å². The van der Waals surface area contributed by atoms with Gasteiger partial charge in [0.2, 0.25) is 5.91 Å². The summed E-state index contributed by atoms with van der Waals surface area (Å²) >= 11 is 0. The molecule has 0 aliphatic carbocycles. The first-order valence-electron chi connectivity index (χ1n) is 12.7. The Morgan fingerprint density at radius 1 is 1.00 bits per heavy atom. The molecular formula is C29H35N9O2. The normalized spacial score (nSPS) is 10.8. The third kappa shape index (κ3) is 6.94. The monoisotopic (exact) mass is 541 g/mol. The Balaban J connectivity index is 1.63. The van der Waals surface area contributed by atoms with E-state index in [0.717, 1.165) is 35.7 Å². The van der Waals surface area contributed by atoms with Crippen LogP contribution in [0.2, 0.25) is 0 Å². The van der Waals surface area contributed by atoms with Gasteiger partial charge in [0, 0.05) is 56.8 Å². The molecule has 1 amide bonds. The van der Waals surface area contributed by atoms with Gasteiger partial charge in [-0.15, -0.1) is 0 Å². The van der Waals surface area contributed by atoms with Gasteiger partial charge in [0.25, 0.3) is 0 Å². The van der Waals surface area contributed by atoms with Crippen molar-refractivity contribution >= 4 is 40.3 Å². The Bertz CT molecular complexity index is 1480. The van der Waals surface area contributed by atoms with E-state index in [1.807, 2.05) is 76.9 Å². The second kappa shape index (κ2) is 12.8. The van der Waals surface area contributed by atoms with Gasteiger partial charge in [-0.1, -0.05) is 24.8 Å². The van der Waals surface area contributed by atoms with Gasteiger partial charge < -0.3 is 30.5 Å². The van der Waals surface area contributed by atoms with Gasteiger partial charge in [-0.2, -0.15) is 5.10 Å². The topological polar surface area (TPSA) is 112 Å².